The van der Waals surface area contributed by atoms with Gasteiger partial charge in [-0.15, -0.1) is 0 Å². The van der Waals surface area contributed by atoms with Crippen molar-refractivity contribution in [2.75, 3.05) is 6.61 Å². The van der Waals surface area contributed by atoms with Crippen molar-refractivity contribution in [1.82, 2.24) is 0 Å². The van der Waals surface area contributed by atoms with Gasteiger partial charge in [-0.2, -0.15) is 0 Å². The van der Waals surface area contributed by atoms with E-state index in [4.69, 9.17) is 0 Å². The zero-order valence-corrected chi connectivity index (χ0v) is 21.9. The molecule has 3 unspecified atom stereocenters. The minimum Gasteiger partial charge on any atom is -0.396 e. The molecule has 0 bridgehead atoms. The summed E-state index contributed by atoms with van der Waals surface area (Å²) in [5.41, 5.74) is 4.41. The lowest BCUT2D eigenvalue weighted by molar-refractivity contribution is -0.182. The maximum atomic E-state index is 10.9. The molecule has 5 rings (SSSR count). The Hall–Kier alpha value is -0.600. The lowest BCUT2D eigenvalue weighted by Crippen LogP contribution is -2.63. The van der Waals surface area contributed by atoms with E-state index in [1.165, 1.54) is 32.1 Å². The lowest BCUT2D eigenvalue weighted by atomic mass is 9.35. The molecule has 0 saturated heterocycles. The fourth-order valence-electron chi connectivity index (χ4n) is 9.88. The van der Waals surface area contributed by atoms with Crippen molar-refractivity contribution in [3.63, 3.8) is 0 Å². The molecule has 0 heterocycles. The maximum absolute atomic E-state index is 10.9. The Labute approximate surface area is 197 Å². The Bertz CT molecular complexity index is 868. The van der Waals surface area contributed by atoms with Crippen molar-refractivity contribution in [1.29, 1.82) is 0 Å². The predicted octanol–water partition coefficient (Wildman–Crippen LogP) is 7.06. The van der Waals surface area contributed by atoms with Crippen LogP contribution in [0.5, 0.6) is 0 Å². The largest absolute Gasteiger partial charge is 0.396 e. The van der Waals surface area contributed by atoms with Crippen LogP contribution in [0.2, 0.25) is 0 Å². The molecule has 0 aromatic carbocycles. The first-order valence-electron chi connectivity index (χ1n) is 13.5. The second-order valence-corrected chi connectivity index (χ2v) is 14.7. The molecule has 5 aliphatic rings. The number of hydrogen-bond acceptors (Lipinski definition) is 2. The SMILES string of the molecule is CC1(CO)CC[C@]2(C)CC[C@]3(C)C(=C2C1)C=C[C@@H]1[C@@]2(C)CCC(O)C(C)(C)C2CC[C@]13C. The molecule has 2 heteroatoms. The van der Waals surface area contributed by atoms with E-state index in [2.05, 4.69) is 60.6 Å². The van der Waals surface area contributed by atoms with Crippen molar-refractivity contribution in [2.24, 2.45) is 44.3 Å². The van der Waals surface area contributed by atoms with Gasteiger partial charge in [-0.25, -0.2) is 0 Å². The molecule has 0 spiro atoms. The summed E-state index contributed by atoms with van der Waals surface area (Å²) in [6.45, 7) is 17.6. The number of hydrogen-bond donors (Lipinski definition) is 2. The van der Waals surface area contributed by atoms with Crippen LogP contribution in [0.15, 0.2) is 23.3 Å². The Kier molecular flexibility index (Phi) is 4.88. The van der Waals surface area contributed by atoms with Crippen LogP contribution in [0.1, 0.15) is 106 Å². The number of aliphatic hydroxyl groups is 2. The smallest absolute Gasteiger partial charge is 0.0594 e. The van der Waals surface area contributed by atoms with Gasteiger partial charge in [0.2, 0.25) is 0 Å². The molecule has 0 aliphatic heterocycles. The normalized spacial score (nSPS) is 54.3. The van der Waals surface area contributed by atoms with E-state index < -0.39 is 0 Å². The molecular formula is C30H48O2. The van der Waals surface area contributed by atoms with E-state index in [0.29, 0.717) is 23.9 Å². The third-order valence-electron chi connectivity index (χ3n) is 12.7. The van der Waals surface area contributed by atoms with E-state index in [0.717, 1.165) is 25.7 Å². The first-order valence-corrected chi connectivity index (χ1v) is 13.5. The summed E-state index contributed by atoms with van der Waals surface area (Å²) in [4.78, 5) is 0. The highest BCUT2D eigenvalue weighted by Gasteiger charge is 2.66. The summed E-state index contributed by atoms with van der Waals surface area (Å²) >= 11 is 0. The quantitative estimate of drug-likeness (QED) is 0.458. The van der Waals surface area contributed by atoms with Crippen LogP contribution in [-0.2, 0) is 0 Å². The molecule has 5 aliphatic carbocycles. The fraction of sp³-hybridized carbons (Fsp3) is 0.867. The van der Waals surface area contributed by atoms with Gasteiger partial charge >= 0.3 is 0 Å². The topological polar surface area (TPSA) is 40.5 Å². The highest BCUT2D eigenvalue weighted by Crippen LogP contribution is 2.74. The average molecular weight is 441 g/mol. The van der Waals surface area contributed by atoms with Gasteiger partial charge in [0.15, 0.2) is 0 Å². The highest BCUT2D eigenvalue weighted by atomic mass is 16.3. The van der Waals surface area contributed by atoms with Crippen molar-refractivity contribution < 1.29 is 10.2 Å². The summed E-state index contributed by atoms with van der Waals surface area (Å²) in [6, 6.07) is 0. The van der Waals surface area contributed by atoms with Gasteiger partial charge in [0.25, 0.3) is 0 Å². The summed E-state index contributed by atoms with van der Waals surface area (Å²) in [7, 11) is 0. The first-order chi connectivity index (χ1) is 14.8. The Morgan fingerprint density at radius 1 is 0.875 bits per heavy atom. The predicted molar refractivity (Wildman–Crippen MR) is 132 cm³/mol. The van der Waals surface area contributed by atoms with Crippen LogP contribution < -0.4 is 0 Å². The van der Waals surface area contributed by atoms with Gasteiger partial charge in [-0.3, -0.25) is 0 Å². The van der Waals surface area contributed by atoms with E-state index >= 15 is 0 Å². The van der Waals surface area contributed by atoms with Crippen molar-refractivity contribution in [3.8, 4) is 0 Å². The van der Waals surface area contributed by atoms with E-state index in [1.54, 1.807) is 11.1 Å². The third-order valence-corrected chi connectivity index (χ3v) is 12.7. The minimum atomic E-state index is -0.167. The van der Waals surface area contributed by atoms with Crippen molar-refractivity contribution >= 4 is 0 Å². The number of aliphatic hydroxyl groups excluding tert-OH is 2. The van der Waals surface area contributed by atoms with E-state index in [-0.39, 0.29) is 33.2 Å². The van der Waals surface area contributed by atoms with Crippen LogP contribution in [-0.4, -0.2) is 22.9 Å². The Balaban J connectivity index is 1.64. The zero-order chi connectivity index (χ0) is 23.4. The molecule has 2 nitrogen and oxygen atoms in total. The van der Waals surface area contributed by atoms with Gasteiger partial charge in [0.05, 0.1) is 6.10 Å². The second-order valence-electron chi connectivity index (χ2n) is 14.7. The number of fused-ring (bicyclic) bond motifs is 6. The van der Waals surface area contributed by atoms with Crippen LogP contribution in [0, 0.1) is 44.3 Å². The molecule has 3 fully saturated rings. The molecule has 32 heavy (non-hydrogen) atoms. The van der Waals surface area contributed by atoms with Crippen molar-refractivity contribution in [2.45, 2.75) is 112 Å². The van der Waals surface area contributed by atoms with Crippen LogP contribution in [0.25, 0.3) is 0 Å². The second kappa shape index (κ2) is 6.75. The maximum Gasteiger partial charge on any atom is 0.0594 e. The monoisotopic (exact) mass is 440 g/mol. The summed E-state index contributed by atoms with van der Waals surface area (Å²) < 4.78 is 0. The van der Waals surface area contributed by atoms with Crippen LogP contribution >= 0.6 is 0 Å². The summed E-state index contributed by atoms with van der Waals surface area (Å²) in [6.07, 6.45) is 15.6. The molecule has 180 valence electrons. The molecule has 2 N–H and O–H groups in total. The third kappa shape index (κ3) is 2.72. The Morgan fingerprint density at radius 2 is 1.56 bits per heavy atom. The molecule has 8 atom stereocenters. The van der Waals surface area contributed by atoms with Gasteiger partial charge in [0.1, 0.15) is 0 Å². The highest BCUT2D eigenvalue weighted by molar-refractivity contribution is 5.45. The van der Waals surface area contributed by atoms with Gasteiger partial charge in [-0.05, 0) is 108 Å². The first kappa shape index (κ1) is 23.2. The zero-order valence-electron chi connectivity index (χ0n) is 21.9. The van der Waals surface area contributed by atoms with Gasteiger partial charge in [-0.1, -0.05) is 66.2 Å². The molecule has 0 radical (unpaired) electrons. The summed E-state index contributed by atoms with van der Waals surface area (Å²) in [5, 5.41) is 21.1. The summed E-state index contributed by atoms with van der Waals surface area (Å²) in [5.74, 6) is 1.16. The standard InChI is InChI=1S/C30H48O2/c1-25(2)22-10-13-30(7)23(28(22,5)12-11-24(25)32)9-8-20-21-18-26(3,19-31)14-15-27(21,4)16-17-29(20,30)6/h8-9,22-24,31-32H,10-19H2,1-7H3/t22?,23-,24?,26?,27-,28+,29-,30-/m1/s1. The van der Waals surface area contributed by atoms with Gasteiger partial charge in [0, 0.05) is 6.61 Å². The Morgan fingerprint density at radius 3 is 2.25 bits per heavy atom. The van der Waals surface area contributed by atoms with Gasteiger partial charge < -0.3 is 10.2 Å². The van der Waals surface area contributed by atoms with Crippen LogP contribution in [0.3, 0.4) is 0 Å². The van der Waals surface area contributed by atoms with Crippen LogP contribution in [0.4, 0.5) is 0 Å². The number of allylic oxidation sites excluding steroid dienone is 4. The van der Waals surface area contributed by atoms with Crippen molar-refractivity contribution in [3.05, 3.63) is 23.3 Å². The van der Waals surface area contributed by atoms with E-state index in [9.17, 15) is 10.2 Å². The molecule has 0 amide bonds. The number of rotatable bonds is 1. The minimum absolute atomic E-state index is 0.000731. The van der Waals surface area contributed by atoms with E-state index in [1.807, 2.05) is 0 Å². The fourth-order valence-corrected chi connectivity index (χ4v) is 9.88. The molecular weight excluding hydrogens is 392 g/mol. The molecule has 0 aromatic heterocycles. The average Bonchev–Trinajstić information content (AvgIpc) is 2.73. The lowest BCUT2D eigenvalue weighted by Gasteiger charge is -2.69. The molecule has 3 saturated carbocycles. The molecule has 0 aromatic rings.